The first-order chi connectivity index (χ1) is 9.36. The molecule has 0 radical (unpaired) electrons. The zero-order chi connectivity index (χ0) is 13.1. The molecule has 6 heteroatoms. The summed E-state index contributed by atoms with van der Waals surface area (Å²) in [6.07, 6.45) is 0. The summed E-state index contributed by atoms with van der Waals surface area (Å²) in [5.41, 5.74) is 0. The molecule has 1 N–H and O–H groups in total. The average molecular weight is 291 g/mol. The minimum Gasteiger partial charge on any atom is -0.471 e. The molecule has 19 heavy (non-hydrogen) atoms. The first-order valence-electron chi connectivity index (χ1n) is 6.01. The van der Waals surface area contributed by atoms with Crippen molar-refractivity contribution < 1.29 is 4.74 Å². The van der Waals surface area contributed by atoms with E-state index < -0.39 is 0 Å². The third-order valence-electron chi connectivity index (χ3n) is 2.56. The fourth-order valence-corrected chi connectivity index (χ4v) is 3.08. The van der Waals surface area contributed by atoms with Crippen molar-refractivity contribution in [3.05, 3.63) is 33.8 Å². The van der Waals surface area contributed by atoms with Crippen LogP contribution in [-0.4, -0.2) is 16.5 Å². The van der Waals surface area contributed by atoms with Gasteiger partial charge in [-0.15, -0.1) is 22.7 Å². The van der Waals surface area contributed by atoms with Crippen LogP contribution in [0, 0.1) is 0 Å². The predicted octanol–water partition coefficient (Wildman–Crippen LogP) is 3.76. The van der Waals surface area contributed by atoms with Crippen molar-refractivity contribution in [1.82, 2.24) is 9.97 Å². The topological polar surface area (TPSA) is 47.0 Å². The zero-order valence-corrected chi connectivity index (χ0v) is 12.1. The molecule has 0 atom stereocenters. The van der Waals surface area contributed by atoms with Crippen LogP contribution < -0.4 is 10.1 Å². The van der Waals surface area contributed by atoms with E-state index in [1.807, 2.05) is 29.8 Å². The largest absolute Gasteiger partial charge is 0.471 e. The molecule has 3 heterocycles. The maximum absolute atomic E-state index is 5.83. The molecule has 3 aromatic heterocycles. The van der Waals surface area contributed by atoms with Gasteiger partial charge in [0.25, 0.3) is 0 Å². The minimum absolute atomic E-state index is 0.547. The van der Waals surface area contributed by atoms with Crippen LogP contribution >= 0.6 is 22.7 Å². The molecular weight excluding hydrogens is 278 g/mol. The molecule has 0 bridgehead atoms. The van der Waals surface area contributed by atoms with Gasteiger partial charge in [-0.2, -0.15) is 4.98 Å². The van der Waals surface area contributed by atoms with Gasteiger partial charge in [0.2, 0.25) is 11.8 Å². The highest BCUT2D eigenvalue weighted by molar-refractivity contribution is 7.16. The Morgan fingerprint density at radius 1 is 1.21 bits per heavy atom. The van der Waals surface area contributed by atoms with Gasteiger partial charge in [-0.25, -0.2) is 4.98 Å². The Morgan fingerprint density at radius 3 is 2.95 bits per heavy atom. The van der Waals surface area contributed by atoms with E-state index in [1.54, 1.807) is 22.7 Å². The Kier molecular flexibility index (Phi) is 3.61. The molecule has 0 aromatic carbocycles. The number of rotatable bonds is 5. The van der Waals surface area contributed by atoms with E-state index in [0.717, 1.165) is 16.8 Å². The maximum Gasteiger partial charge on any atom is 0.227 e. The molecular formula is C13H13N3OS2. The Morgan fingerprint density at radius 2 is 2.16 bits per heavy atom. The van der Waals surface area contributed by atoms with E-state index in [2.05, 4.69) is 21.4 Å². The number of hydrogen-bond donors (Lipinski definition) is 1. The lowest BCUT2D eigenvalue weighted by atomic mass is 10.4. The standard InChI is InChI=1S/C13H13N3OS2/c1-2-14-13-15-11(10-5-7-19-12(10)16-13)17-8-9-4-3-6-18-9/h3-7H,2,8H2,1H3,(H,14,15,16). The second-order valence-corrected chi connectivity index (χ2v) is 5.82. The third-order valence-corrected chi connectivity index (χ3v) is 4.21. The molecule has 4 nitrogen and oxygen atoms in total. The number of ether oxygens (including phenoxy) is 1. The predicted molar refractivity (Wildman–Crippen MR) is 80.2 cm³/mol. The van der Waals surface area contributed by atoms with Crippen LogP contribution in [0.15, 0.2) is 29.0 Å². The van der Waals surface area contributed by atoms with Gasteiger partial charge in [0, 0.05) is 11.4 Å². The Balaban J connectivity index is 1.89. The van der Waals surface area contributed by atoms with E-state index in [9.17, 15) is 0 Å². The number of fused-ring (bicyclic) bond motifs is 1. The Hall–Kier alpha value is -1.66. The minimum atomic E-state index is 0.547. The number of thiophene rings is 2. The highest BCUT2D eigenvalue weighted by atomic mass is 32.1. The van der Waals surface area contributed by atoms with Gasteiger partial charge < -0.3 is 10.1 Å². The number of anilines is 1. The van der Waals surface area contributed by atoms with Crippen LogP contribution in [0.25, 0.3) is 10.2 Å². The normalized spacial score (nSPS) is 10.8. The molecule has 3 aromatic rings. The fourth-order valence-electron chi connectivity index (χ4n) is 1.71. The van der Waals surface area contributed by atoms with Crippen molar-refractivity contribution in [2.45, 2.75) is 13.5 Å². The van der Waals surface area contributed by atoms with E-state index in [-0.39, 0.29) is 0 Å². The number of nitrogens with zero attached hydrogens (tertiary/aromatic N) is 2. The fraction of sp³-hybridized carbons (Fsp3) is 0.231. The van der Waals surface area contributed by atoms with Crippen molar-refractivity contribution in [3.63, 3.8) is 0 Å². The van der Waals surface area contributed by atoms with Gasteiger partial charge in [0.1, 0.15) is 11.4 Å². The molecule has 0 aliphatic heterocycles. The summed E-state index contributed by atoms with van der Waals surface area (Å²) in [4.78, 5) is 11.0. The lowest BCUT2D eigenvalue weighted by Gasteiger charge is -2.07. The highest BCUT2D eigenvalue weighted by Crippen LogP contribution is 2.28. The summed E-state index contributed by atoms with van der Waals surface area (Å²) in [5.74, 6) is 1.27. The van der Waals surface area contributed by atoms with Crippen LogP contribution in [0.2, 0.25) is 0 Å². The lowest BCUT2D eigenvalue weighted by molar-refractivity contribution is 0.301. The van der Waals surface area contributed by atoms with E-state index >= 15 is 0 Å². The molecule has 0 unspecified atom stereocenters. The van der Waals surface area contributed by atoms with Crippen molar-refractivity contribution in [3.8, 4) is 5.88 Å². The SMILES string of the molecule is CCNc1nc(OCc2cccs2)c2ccsc2n1. The zero-order valence-electron chi connectivity index (χ0n) is 10.4. The van der Waals surface area contributed by atoms with Gasteiger partial charge in [-0.3, -0.25) is 0 Å². The molecule has 0 fully saturated rings. The molecule has 0 saturated heterocycles. The van der Waals surface area contributed by atoms with Crippen LogP contribution in [-0.2, 0) is 6.61 Å². The van der Waals surface area contributed by atoms with Gasteiger partial charge in [-0.05, 0) is 29.8 Å². The summed E-state index contributed by atoms with van der Waals surface area (Å²) >= 11 is 3.28. The molecule has 3 rings (SSSR count). The molecule has 0 saturated carbocycles. The number of hydrogen-bond acceptors (Lipinski definition) is 6. The van der Waals surface area contributed by atoms with Crippen molar-refractivity contribution in [1.29, 1.82) is 0 Å². The van der Waals surface area contributed by atoms with Gasteiger partial charge in [0.05, 0.1) is 5.39 Å². The maximum atomic E-state index is 5.83. The summed E-state index contributed by atoms with van der Waals surface area (Å²) in [6.45, 7) is 3.36. The second-order valence-electron chi connectivity index (χ2n) is 3.89. The monoisotopic (exact) mass is 291 g/mol. The molecule has 0 amide bonds. The molecule has 0 spiro atoms. The van der Waals surface area contributed by atoms with Crippen LogP contribution in [0.1, 0.15) is 11.8 Å². The van der Waals surface area contributed by atoms with Crippen LogP contribution in [0.5, 0.6) is 5.88 Å². The van der Waals surface area contributed by atoms with E-state index in [4.69, 9.17) is 4.74 Å². The van der Waals surface area contributed by atoms with Crippen LogP contribution in [0.3, 0.4) is 0 Å². The summed E-state index contributed by atoms with van der Waals surface area (Å²) in [5, 5.41) is 8.16. The molecule has 0 aliphatic carbocycles. The number of aromatic nitrogens is 2. The molecule has 0 aliphatic rings. The van der Waals surface area contributed by atoms with Crippen molar-refractivity contribution in [2.24, 2.45) is 0 Å². The number of nitrogens with one attached hydrogen (secondary N) is 1. The van der Waals surface area contributed by atoms with E-state index in [1.165, 1.54) is 4.88 Å². The van der Waals surface area contributed by atoms with Crippen LogP contribution in [0.4, 0.5) is 5.95 Å². The first-order valence-corrected chi connectivity index (χ1v) is 7.77. The smallest absolute Gasteiger partial charge is 0.227 e. The highest BCUT2D eigenvalue weighted by Gasteiger charge is 2.10. The quantitative estimate of drug-likeness (QED) is 0.777. The third kappa shape index (κ3) is 2.69. The van der Waals surface area contributed by atoms with Crippen molar-refractivity contribution >= 4 is 38.8 Å². The Labute approximate surface area is 119 Å². The van der Waals surface area contributed by atoms with Gasteiger partial charge in [-0.1, -0.05) is 6.07 Å². The summed E-state index contributed by atoms with van der Waals surface area (Å²) in [6, 6.07) is 6.08. The van der Waals surface area contributed by atoms with Crippen molar-refractivity contribution in [2.75, 3.05) is 11.9 Å². The van der Waals surface area contributed by atoms with Gasteiger partial charge >= 0.3 is 0 Å². The lowest BCUT2D eigenvalue weighted by Crippen LogP contribution is -2.04. The Bertz CT molecular complexity index is 664. The van der Waals surface area contributed by atoms with Gasteiger partial charge in [0.15, 0.2) is 0 Å². The second kappa shape index (κ2) is 5.54. The first kappa shape index (κ1) is 12.4. The average Bonchev–Trinajstić information content (AvgIpc) is 3.07. The summed E-state index contributed by atoms with van der Waals surface area (Å²) < 4.78 is 5.83. The summed E-state index contributed by atoms with van der Waals surface area (Å²) in [7, 11) is 0. The molecule has 98 valence electrons. The van der Waals surface area contributed by atoms with E-state index in [0.29, 0.717) is 18.4 Å².